The highest BCUT2D eigenvalue weighted by atomic mass is 19.1. The van der Waals surface area contributed by atoms with Gasteiger partial charge in [0, 0.05) is 18.2 Å². The van der Waals surface area contributed by atoms with Gasteiger partial charge in [-0.3, -0.25) is 14.9 Å². The predicted molar refractivity (Wildman–Crippen MR) is 66.3 cm³/mol. The molecular weight excluding hydrogens is 274 g/mol. The number of halogens is 2. The summed E-state index contributed by atoms with van der Waals surface area (Å²) in [4.78, 5) is 21.4. The molecule has 110 valence electrons. The molecule has 0 aliphatic heterocycles. The highest BCUT2D eigenvalue weighted by Gasteiger charge is 2.29. The molecular formula is C12H14F2N2O4. The van der Waals surface area contributed by atoms with Gasteiger partial charge in [-0.2, -0.15) is 4.39 Å². The van der Waals surface area contributed by atoms with Crippen molar-refractivity contribution in [2.24, 2.45) is 0 Å². The van der Waals surface area contributed by atoms with Crippen LogP contribution in [-0.4, -0.2) is 28.1 Å². The van der Waals surface area contributed by atoms with Gasteiger partial charge in [-0.25, -0.2) is 4.39 Å². The summed E-state index contributed by atoms with van der Waals surface area (Å²) in [6.07, 6.45) is 0.164. The molecule has 1 aromatic rings. The van der Waals surface area contributed by atoms with E-state index in [-0.39, 0.29) is 13.0 Å². The number of aliphatic hydroxyl groups is 1. The summed E-state index contributed by atoms with van der Waals surface area (Å²) in [6.45, 7) is 2.87. The van der Waals surface area contributed by atoms with Crippen LogP contribution in [-0.2, 0) is 0 Å². The lowest BCUT2D eigenvalue weighted by Gasteiger charge is -2.25. The second-order valence-corrected chi connectivity index (χ2v) is 4.82. The Hall–Kier alpha value is -2.09. The van der Waals surface area contributed by atoms with Crippen molar-refractivity contribution in [3.8, 4) is 0 Å². The molecule has 0 spiro atoms. The lowest BCUT2D eigenvalue weighted by Crippen LogP contribution is -2.44. The van der Waals surface area contributed by atoms with Crippen LogP contribution in [0.1, 0.15) is 30.6 Å². The first-order valence-corrected chi connectivity index (χ1v) is 5.75. The van der Waals surface area contributed by atoms with E-state index in [9.17, 15) is 23.7 Å². The summed E-state index contributed by atoms with van der Waals surface area (Å²) in [5.74, 6) is -3.82. The third-order valence-corrected chi connectivity index (χ3v) is 2.68. The van der Waals surface area contributed by atoms with Gasteiger partial charge in [0.25, 0.3) is 5.91 Å². The zero-order valence-electron chi connectivity index (χ0n) is 10.9. The monoisotopic (exact) mass is 288 g/mol. The molecule has 0 saturated heterocycles. The molecule has 6 nitrogen and oxygen atoms in total. The maximum Gasteiger partial charge on any atom is 0.305 e. The molecule has 0 bridgehead atoms. The number of nitrogens with zero attached hydrogens (tertiary/aromatic N) is 1. The van der Waals surface area contributed by atoms with Crippen LogP contribution >= 0.6 is 0 Å². The van der Waals surface area contributed by atoms with Crippen LogP contribution in [0.5, 0.6) is 0 Å². The molecule has 0 atom stereocenters. The van der Waals surface area contributed by atoms with E-state index in [1.807, 2.05) is 0 Å². The van der Waals surface area contributed by atoms with Crippen molar-refractivity contribution in [2.75, 3.05) is 6.61 Å². The Morgan fingerprint density at radius 2 is 2.05 bits per heavy atom. The van der Waals surface area contributed by atoms with Gasteiger partial charge in [-0.1, -0.05) is 0 Å². The Balaban J connectivity index is 3.16. The molecule has 1 amide bonds. The number of benzene rings is 1. The fourth-order valence-corrected chi connectivity index (χ4v) is 1.60. The largest absolute Gasteiger partial charge is 0.396 e. The zero-order valence-corrected chi connectivity index (χ0v) is 10.9. The predicted octanol–water partition coefficient (Wildman–Crippen LogP) is 1.76. The second kappa shape index (κ2) is 5.91. The number of hydrogen-bond acceptors (Lipinski definition) is 4. The van der Waals surface area contributed by atoms with Crippen molar-refractivity contribution < 1.29 is 23.6 Å². The summed E-state index contributed by atoms with van der Waals surface area (Å²) in [6, 6.07) is 1.31. The van der Waals surface area contributed by atoms with E-state index in [1.165, 1.54) is 0 Å². The SMILES string of the molecule is CC(C)(CCO)NC(=O)c1c(F)ccc([N+](=O)[O-])c1F. The van der Waals surface area contributed by atoms with Gasteiger partial charge in [-0.15, -0.1) is 0 Å². The van der Waals surface area contributed by atoms with Crippen LogP contribution in [0, 0.1) is 21.7 Å². The Morgan fingerprint density at radius 3 is 2.55 bits per heavy atom. The number of carbonyl (C=O) groups is 1. The summed E-state index contributed by atoms with van der Waals surface area (Å²) in [5.41, 5.74) is -2.89. The molecule has 0 heterocycles. The molecule has 2 N–H and O–H groups in total. The number of hydrogen-bond donors (Lipinski definition) is 2. The fourth-order valence-electron chi connectivity index (χ4n) is 1.60. The Bertz CT molecular complexity index is 547. The Labute approximate surface area is 113 Å². The quantitative estimate of drug-likeness (QED) is 0.638. The van der Waals surface area contributed by atoms with Crippen molar-refractivity contribution in [2.45, 2.75) is 25.8 Å². The van der Waals surface area contributed by atoms with Crippen molar-refractivity contribution >= 4 is 11.6 Å². The smallest absolute Gasteiger partial charge is 0.305 e. The fraction of sp³-hybridized carbons (Fsp3) is 0.417. The minimum Gasteiger partial charge on any atom is -0.396 e. The maximum atomic E-state index is 13.8. The van der Waals surface area contributed by atoms with Crippen molar-refractivity contribution in [3.63, 3.8) is 0 Å². The molecule has 0 aliphatic carbocycles. The highest BCUT2D eigenvalue weighted by Crippen LogP contribution is 2.23. The first-order valence-electron chi connectivity index (χ1n) is 5.75. The van der Waals surface area contributed by atoms with E-state index in [0.717, 1.165) is 0 Å². The summed E-state index contributed by atoms with van der Waals surface area (Å²) < 4.78 is 27.3. The van der Waals surface area contributed by atoms with Crippen molar-refractivity contribution in [1.29, 1.82) is 0 Å². The zero-order chi connectivity index (χ0) is 15.5. The van der Waals surface area contributed by atoms with E-state index in [2.05, 4.69) is 5.32 Å². The first-order chi connectivity index (χ1) is 9.19. The Kier molecular flexibility index (Phi) is 4.72. The van der Waals surface area contributed by atoms with Gasteiger partial charge in [-0.05, 0) is 26.3 Å². The van der Waals surface area contributed by atoms with Crippen LogP contribution < -0.4 is 5.32 Å². The van der Waals surface area contributed by atoms with Crippen LogP contribution in [0.2, 0.25) is 0 Å². The number of nitrogens with one attached hydrogen (secondary N) is 1. The van der Waals surface area contributed by atoms with Gasteiger partial charge < -0.3 is 10.4 Å². The Morgan fingerprint density at radius 1 is 1.45 bits per heavy atom. The molecule has 1 rings (SSSR count). The minimum absolute atomic E-state index is 0.164. The maximum absolute atomic E-state index is 13.8. The molecule has 0 saturated carbocycles. The van der Waals surface area contributed by atoms with E-state index in [1.54, 1.807) is 13.8 Å². The number of carbonyl (C=O) groups excluding carboxylic acids is 1. The van der Waals surface area contributed by atoms with E-state index in [0.29, 0.717) is 12.1 Å². The first kappa shape index (κ1) is 16.0. The normalized spacial score (nSPS) is 11.2. The molecule has 0 radical (unpaired) electrons. The molecule has 1 aromatic carbocycles. The topological polar surface area (TPSA) is 92.5 Å². The van der Waals surface area contributed by atoms with Crippen molar-refractivity contribution in [3.05, 3.63) is 39.4 Å². The van der Waals surface area contributed by atoms with Crippen molar-refractivity contribution in [1.82, 2.24) is 5.32 Å². The molecule has 8 heteroatoms. The van der Waals surface area contributed by atoms with Crippen LogP contribution in [0.15, 0.2) is 12.1 Å². The number of nitro groups is 1. The average Bonchev–Trinajstić information content (AvgIpc) is 2.27. The third-order valence-electron chi connectivity index (χ3n) is 2.68. The number of aliphatic hydroxyl groups excluding tert-OH is 1. The lowest BCUT2D eigenvalue weighted by atomic mass is 10.0. The van der Waals surface area contributed by atoms with Gasteiger partial charge in [0.05, 0.1) is 4.92 Å². The second-order valence-electron chi connectivity index (χ2n) is 4.82. The standard InChI is InChI=1S/C12H14F2N2O4/c1-12(2,5-6-17)15-11(18)9-7(13)3-4-8(10(9)14)16(19)20/h3-4,17H,5-6H2,1-2H3,(H,15,18). The van der Waals surface area contributed by atoms with Gasteiger partial charge in [0.15, 0.2) is 0 Å². The van der Waals surface area contributed by atoms with Crippen LogP contribution in [0.25, 0.3) is 0 Å². The molecule has 0 aromatic heterocycles. The summed E-state index contributed by atoms with van der Waals surface area (Å²) in [5, 5.41) is 21.7. The lowest BCUT2D eigenvalue weighted by molar-refractivity contribution is -0.387. The third kappa shape index (κ3) is 3.47. The van der Waals surface area contributed by atoms with E-state index in [4.69, 9.17) is 5.11 Å². The minimum atomic E-state index is -1.52. The number of rotatable bonds is 5. The summed E-state index contributed by atoms with van der Waals surface area (Å²) in [7, 11) is 0. The van der Waals surface area contributed by atoms with Gasteiger partial charge >= 0.3 is 5.69 Å². The molecule has 20 heavy (non-hydrogen) atoms. The molecule has 0 fully saturated rings. The highest BCUT2D eigenvalue weighted by molar-refractivity contribution is 5.95. The number of amides is 1. The molecule has 0 unspecified atom stereocenters. The average molecular weight is 288 g/mol. The number of nitro benzene ring substituents is 1. The van der Waals surface area contributed by atoms with Gasteiger partial charge in [0.1, 0.15) is 11.4 Å². The van der Waals surface area contributed by atoms with Crippen LogP contribution in [0.3, 0.4) is 0 Å². The van der Waals surface area contributed by atoms with Crippen LogP contribution in [0.4, 0.5) is 14.5 Å². The summed E-state index contributed by atoms with van der Waals surface area (Å²) >= 11 is 0. The molecule has 0 aliphatic rings. The van der Waals surface area contributed by atoms with E-state index < -0.39 is 39.3 Å². The van der Waals surface area contributed by atoms with Gasteiger partial charge in [0.2, 0.25) is 5.82 Å². The van der Waals surface area contributed by atoms with E-state index >= 15 is 0 Å².